The van der Waals surface area contributed by atoms with Crippen LogP contribution in [0.5, 0.6) is 11.5 Å². The van der Waals surface area contributed by atoms with Gasteiger partial charge in [-0.3, -0.25) is 14.9 Å². The van der Waals surface area contributed by atoms with E-state index in [1.165, 1.54) is 41.7 Å². The normalized spacial score (nSPS) is 14.8. The second-order valence-electron chi connectivity index (χ2n) is 7.75. The monoisotopic (exact) mass is 477 g/mol. The van der Waals surface area contributed by atoms with Gasteiger partial charge >= 0.3 is 5.69 Å². The molecule has 1 fully saturated rings. The molecule has 0 aromatic heterocycles. The number of methoxy groups -OCH3 is 1. The van der Waals surface area contributed by atoms with Crippen LogP contribution in [0.15, 0.2) is 41.3 Å². The summed E-state index contributed by atoms with van der Waals surface area (Å²) in [5.41, 5.74) is 0.608. The third kappa shape index (κ3) is 5.99. The lowest BCUT2D eigenvalue weighted by atomic mass is 10.2. The van der Waals surface area contributed by atoms with E-state index in [0.29, 0.717) is 18.7 Å². The molecular formula is C22H27N3O7S. The van der Waals surface area contributed by atoms with E-state index in [1.807, 2.05) is 0 Å². The summed E-state index contributed by atoms with van der Waals surface area (Å²) in [5.74, 6) is -0.378. The van der Waals surface area contributed by atoms with Crippen molar-refractivity contribution in [2.45, 2.75) is 37.5 Å². The molecule has 1 aliphatic heterocycles. The van der Waals surface area contributed by atoms with E-state index in [1.54, 1.807) is 13.0 Å². The molecule has 1 saturated heterocycles. The Balaban J connectivity index is 1.76. The van der Waals surface area contributed by atoms with Crippen molar-refractivity contribution in [1.29, 1.82) is 0 Å². The summed E-state index contributed by atoms with van der Waals surface area (Å²) in [6.45, 7) is 2.12. The summed E-state index contributed by atoms with van der Waals surface area (Å²) in [6, 6.07) is 8.70. The summed E-state index contributed by atoms with van der Waals surface area (Å²) in [6.07, 6.45) is 3.60. The van der Waals surface area contributed by atoms with Gasteiger partial charge in [0.05, 0.1) is 22.6 Å². The lowest BCUT2D eigenvalue weighted by Crippen LogP contribution is -2.32. The molecule has 10 nitrogen and oxygen atoms in total. The SMILES string of the molecule is COc1ccc(S(=O)(=O)N2CCCCCC2)cc1NC(=O)COc1ccc(C)cc1[N+](=O)[O-]. The van der Waals surface area contributed by atoms with E-state index in [9.17, 15) is 23.3 Å². The van der Waals surface area contributed by atoms with Gasteiger partial charge in [-0.2, -0.15) is 4.31 Å². The zero-order valence-corrected chi connectivity index (χ0v) is 19.4. The Morgan fingerprint density at radius 3 is 2.39 bits per heavy atom. The second-order valence-corrected chi connectivity index (χ2v) is 9.68. The maximum absolute atomic E-state index is 13.1. The van der Waals surface area contributed by atoms with E-state index >= 15 is 0 Å². The number of nitro benzene ring substituents is 1. The summed E-state index contributed by atoms with van der Waals surface area (Å²) < 4.78 is 38.3. The van der Waals surface area contributed by atoms with Crippen LogP contribution >= 0.6 is 0 Å². The lowest BCUT2D eigenvalue weighted by molar-refractivity contribution is -0.385. The molecule has 178 valence electrons. The highest BCUT2D eigenvalue weighted by Gasteiger charge is 2.26. The van der Waals surface area contributed by atoms with Gasteiger partial charge in [0.15, 0.2) is 12.4 Å². The van der Waals surface area contributed by atoms with Crippen LogP contribution in [0.1, 0.15) is 31.2 Å². The van der Waals surface area contributed by atoms with Crippen molar-refractivity contribution in [3.63, 3.8) is 0 Å². The minimum atomic E-state index is -3.72. The predicted molar refractivity (Wildman–Crippen MR) is 122 cm³/mol. The number of amides is 1. The molecule has 0 spiro atoms. The number of hydrogen-bond acceptors (Lipinski definition) is 7. The standard InChI is InChI=1S/C22H27N3O7S/c1-16-7-9-21(19(13-16)25(27)28)32-15-22(26)23-18-14-17(8-10-20(18)31-2)33(29,30)24-11-5-3-4-6-12-24/h7-10,13-14H,3-6,11-12,15H2,1-2H3,(H,23,26). The summed E-state index contributed by atoms with van der Waals surface area (Å²) in [7, 11) is -2.32. The van der Waals surface area contributed by atoms with Gasteiger partial charge in [-0.05, 0) is 49.6 Å². The minimum absolute atomic E-state index is 0.0368. The first-order valence-corrected chi connectivity index (χ1v) is 12.0. The maximum atomic E-state index is 13.1. The molecule has 0 bridgehead atoms. The minimum Gasteiger partial charge on any atom is -0.495 e. The largest absolute Gasteiger partial charge is 0.495 e. The van der Waals surface area contributed by atoms with Crippen molar-refractivity contribution in [3.8, 4) is 11.5 Å². The number of nitrogens with one attached hydrogen (secondary N) is 1. The Hall–Kier alpha value is -3.18. The summed E-state index contributed by atoms with van der Waals surface area (Å²) >= 11 is 0. The van der Waals surface area contributed by atoms with Gasteiger partial charge < -0.3 is 14.8 Å². The van der Waals surface area contributed by atoms with Crippen molar-refractivity contribution in [1.82, 2.24) is 4.31 Å². The number of rotatable bonds is 8. The zero-order chi connectivity index (χ0) is 24.0. The van der Waals surface area contributed by atoms with Crippen molar-refractivity contribution < 1.29 is 27.6 Å². The number of nitro groups is 1. The molecule has 0 unspecified atom stereocenters. The molecule has 3 rings (SSSR count). The van der Waals surface area contributed by atoms with Crippen LogP contribution in [0, 0.1) is 17.0 Å². The first-order chi connectivity index (χ1) is 15.7. The first-order valence-electron chi connectivity index (χ1n) is 10.6. The molecule has 2 aromatic rings. The molecular weight excluding hydrogens is 450 g/mol. The lowest BCUT2D eigenvalue weighted by Gasteiger charge is -2.21. The molecule has 0 saturated carbocycles. The molecule has 2 aromatic carbocycles. The quantitative estimate of drug-likeness (QED) is 0.455. The Morgan fingerprint density at radius 2 is 1.76 bits per heavy atom. The van der Waals surface area contributed by atoms with Crippen LogP contribution in [0.4, 0.5) is 11.4 Å². The number of carbonyl (C=O) groups excluding carboxylic acids is 1. The highest BCUT2D eigenvalue weighted by molar-refractivity contribution is 7.89. The molecule has 0 radical (unpaired) electrons. The first kappa shape index (κ1) is 24.5. The zero-order valence-electron chi connectivity index (χ0n) is 18.6. The van der Waals surface area contributed by atoms with Gasteiger partial charge in [-0.15, -0.1) is 0 Å². The highest BCUT2D eigenvalue weighted by atomic mass is 32.2. The van der Waals surface area contributed by atoms with E-state index in [2.05, 4.69) is 5.32 Å². The van der Waals surface area contributed by atoms with Gasteiger partial charge in [0.2, 0.25) is 10.0 Å². The predicted octanol–water partition coefficient (Wildman–Crippen LogP) is 3.49. The van der Waals surface area contributed by atoms with Crippen LogP contribution < -0.4 is 14.8 Å². The average Bonchev–Trinajstić information content (AvgIpc) is 3.08. The third-order valence-electron chi connectivity index (χ3n) is 5.32. The van der Waals surface area contributed by atoms with Gasteiger partial charge in [-0.25, -0.2) is 8.42 Å². The van der Waals surface area contributed by atoms with Crippen LogP contribution in [-0.4, -0.2) is 50.4 Å². The fraction of sp³-hybridized carbons (Fsp3) is 0.409. The summed E-state index contributed by atoms with van der Waals surface area (Å²) in [4.78, 5) is 23.2. The Morgan fingerprint density at radius 1 is 1.09 bits per heavy atom. The van der Waals surface area contributed by atoms with Crippen molar-refractivity contribution in [3.05, 3.63) is 52.1 Å². The van der Waals surface area contributed by atoms with Crippen LogP contribution in [0.25, 0.3) is 0 Å². The molecule has 1 amide bonds. The Kier molecular flexibility index (Phi) is 7.88. The van der Waals surface area contributed by atoms with Crippen molar-refractivity contribution >= 4 is 27.3 Å². The molecule has 33 heavy (non-hydrogen) atoms. The summed E-state index contributed by atoms with van der Waals surface area (Å²) in [5, 5.41) is 13.8. The number of benzene rings is 2. The number of nitrogens with zero attached hydrogens (tertiary/aromatic N) is 2. The van der Waals surface area contributed by atoms with E-state index in [0.717, 1.165) is 25.7 Å². The van der Waals surface area contributed by atoms with Gasteiger partial charge in [0.1, 0.15) is 5.75 Å². The number of sulfonamides is 1. The number of hydrogen-bond donors (Lipinski definition) is 1. The number of aryl methyl sites for hydroxylation is 1. The fourth-order valence-electron chi connectivity index (χ4n) is 3.60. The van der Waals surface area contributed by atoms with E-state index in [-0.39, 0.29) is 27.8 Å². The Bertz CT molecular complexity index is 1130. The molecule has 11 heteroatoms. The van der Waals surface area contributed by atoms with Gasteiger partial charge in [0.25, 0.3) is 5.91 Å². The fourth-order valence-corrected chi connectivity index (χ4v) is 5.14. The third-order valence-corrected chi connectivity index (χ3v) is 7.21. The van der Waals surface area contributed by atoms with Gasteiger partial charge in [-0.1, -0.05) is 18.9 Å². The van der Waals surface area contributed by atoms with Crippen LogP contribution in [-0.2, 0) is 14.8 Å². The highest BCUT2D eigenvalue weighted by Crippen LogP contribution is 2.31. The van der Waals surface area contributed by atoms with Crippen molar-refractivity contribution in [2.24, 2.45) is 0 Å². The molecule has 1 aliphatic rings. The number of carbonyl (C=O) groups is 1. The number of anilines is 1. The molecule has 0 aliphatic carbocycles. The van der Waals surface area contributed by atoms with Crippen LogP contribution in [0.3, 0.4) is 0 Å². The van der Waals surface area contributed by atoms with Crippen molar-refractivity contribution in [2.75, 3.05) is 32.1 Å². The molecule has 1 heterocycles. The topological polar surface area (TPSA) is 128 Å². The average molecular weight is 478 g/mol. The maximum Gasteiger partial charge on any atom is 0.311 e. The second kappa shape index (κ2) is 10.6. The van der Waals surface area contributed by atoms with E-state index in [4.69, 9.17) is 9.47 Å². The Labute approximate surface area is 192 Å². The number of ether oxygens (including phenoxy) is 2. The molecule has 1 N–H and O–H groups in total. The van der Waals surface area contributed by atoms with E-state index < -0.39 is 27.5 Å². The smallest absolute Gasteiger partial charge is 0.311 e. The van der Waals surface area contributed by atoms with Crippen LogP contribution in [0.2, 0.25) is 0 Å². The molecule has 0 atom stereocenters. The van der Waals surface area contributed by atoms with Gasteiger partial charge in [0, 0.05) is 19.2 Å².